The van der Waals surface area contributed by atoms with Gasteiger partial charge in [0.15, 0.2) is 10.6 Å². The number of rotatable bonds is 8. The summed E-state index contributed by atoms with van der Waals surface area (Å²) < 4.78 is 4.48. The van der Waals surface area contributed by atoms with Crippen LogP contribution in [0.3, 0.4) is 0 Å². The summed E-state index contributed by atoms with van der Waals surface area (Å²) in [6.07, 6.45) is 1.83. The average molecular weight is 408 g/mol. The first-order valence-electron chi connectivity index (χ1n) is 9.37. The minimum absolute atomic E-state index is 0.0857. The molecule has 0 saturated carbocycles. The predicted octanol–water partition coefficient (Wildman–Crippen LogP) is 3.72. The molecular weight excluding hydrogens is 382 g/mol. The second-order valence-corrected chi connectivity index (χ2v) is 7.17. The average Bonchev–Trinajstić information content (AvgIpc) is 3.04. The van der Waals surface area contributed by atoms with Crippen LogP contribution in [0, 0.1) is 4.77 Å². The first kappa shape index (κ1) is 20.7. The normalized spacial score (nSPS) is 10.9. The van der Waals surface area contributed by atoms with Crippen molar-refractivity contribution >= 4 is 18.1 Å². The van der Waals surface area contributed by atoms with Crippen molar-refractivity contribution in [3.8, 4) is 11.4 Å². The summed E-state index contributed by atoms with van der Waals surface area (Å²) in [6.45, 7) is 5.71. The van der Waals surface area contributed by atoms with Crippen molar-refractivity contribution in [2.45, 2.75) is 19.8 Å². The third kappa shape index (κ3) is 4.88. The predicted molar refractivity (Wildman–Crippen MR) is 118 cm³/mol. The molecule has 29 heavy (non-hydrogen) atoms. The largest absolute Gasteiger partial charge is 0.355 e. The lowest BCUT2D eigenvalue weighted by atomic mass is 10.1. The summed E-state index contributed by atoms with van der Waals surface area (Å²) in [5.41, 5.74) is 2.78. The highest BCUT2D eigenvalue weighted by Gasteiger charge is 2.13. The summed E-state index contributed by atoms with van der Waals surface area (Å²) in [6, 6.07) is 17.6. The van der Waals surface area contributed by atoms with Crippen LogP contribution in [-0.4, -0.2) is 39.3 Å². The van der Waals surface area contributed by atoms with Gasteiger partial charge in [-0.3, -0.25) is 14.3 Å². The first-order valence-corrected chi connectivity index (χ1v) is 9.78. The third-order valence-electron chi connectivity index (χ3n) is 4.54. The summed E-state index contributed by atoms with van der Waals surface area (Å²) in [4.78, 5) is 13.8. The zero-order valence-electron chi connectivity index (χ0n) is 16.7. The lowest BCUT2D eigenvalue weighted by molar-refractivity contribution is 0.0963. The highest BCUT2D eigenvalue weighted by Crippen LogP contribution is 2.18. The Balaban J connectivity index is 1.78. The van der Waals surface area contributed by atoms with E-state index in [1.807, 2.05) is 77.0 Å². The molecule has 1 amide bonds. The summed E-state index contributed by atoms with van der Waals surface area (Å²) in [5.74, 6) is 0.747. The zero-order chi connectivity index (χ0) is 20.8. The number of allylic oxidation sites excluding steroid dienone is 1. The molecule has 2 aromatic carbocycles. The summed E-state index contributed by atoms with van der Waals surface area (Å²) in [7, 11) is 3.64. The quantitative estimate of drug-likeness (QED) is 0.457. The van der Waals surface area contributed by atoms with Gasteiger partial charge in [-0.1, -0.05) is 48.5 Å². The molecule has 0 unspecified atom stereocenters. The molecule has 7 heteroatoms. The van der Waals surface area contributed by atoms with Gasteiger partial charge in [-0.2, -0.15) is 5.10 Å². The number of carbonyl (C=O) groups is 1. The van der Waals surface area contributed by atoms with Crippen molar-refractivity contribution in [1.29, 1.82) is 0 Å². The van der Waals surface area contributed by atoms with Crippen LogP contribution in [0.4, 0.5) is 0 Å². The molecule has 3 aromatic rings. The number of hydrogen-bond acceptors (Lipinski definition) is 4. The van der Waals surface area contributed by atoms with Crippen LogP contribution in [0.15, 0.2) is 67.3 Å². The van der Waals surface area contributed by atoms with Gasteiger partial charge in [0.05, 0.1) is 6.67 Å². The molecule has 0 bridgehead atoms. The van der Waals surface area contributed by atoms with Gasteiger partial charge >= 0.3 is 0 Å². The van der Waals surface area contributed by atoms with Gasteiger partial charge in [0.25, 0.3) is 5.91 Å². The summed E-state index contributed by atoms with van der Waals surface area (Å²) >= 11 is 5.66. The number of amides is 1. The Morgan fingerprint density at radius 1 is 1.21 bits per heavy atom. The molecule has 0 spiro atoms. The van der Waals surface area contributed by atoms with Crippen molar-refractivity contribution in [3.63, 3.8) is 0 Å². The minimum Gasteiger partial charge on any atom is -0.355 e. The molecule has 1 N–H and O–H groups in total. The molecule has 6 nitrogen and oxygen atoms in total. The molecule has 1 aromatic heterocycles. The molecule has 1 heterocycles. The number of nitrogens with zero attached hydrogens (tertiary/aromatic N) is 4. The topological polar surface area (TPSA) is 55.1 Å². The Morgan fingerprint density at radius 3 is 2.52 bits per heavy atom. The fraction of sp³-hybridized carbons (Fsp3) is 0.227. The van der Waals surface area contributed by atoms with Gasteiger partial charge < -0.3 is 5.32 Å². The van der Waals surface area contributed by atoms with Gasteiger partial charge in [0.2, 0.25) is 0 Å². The van der Waals surface area contributed by atoms with Gasteiger partial charge in [-0.15, -0.1) is 6.58 Å². The van der Waals surface area contributed by atoms with Crippen molar-refractivity contribution in [2.24, 2.45) is 0 Å². The van der Waals surface area contributed by atoms with Crippen LogP contribution in [0.5, 0.6) is 0 Å². The standard InChI is InChI=1S/C22H25N5OS/c1-4-14-26-20(18-8-6-5-7-9-18)24-27(22(26)29)16-25(3)15-17-10-12-19(13-11-17)21(28)23-2/h4-13H,1,14-16H2,2-3H3,(H,23,28). The van der Waals surface area contributed by atoms with E-state index in [4.69, 9.17) is 17.3 Å². The molecular formula is C22H25N5OS. The molecule has 0 radical (unpaired) electrons. The monoisotopic (exact) mass is 407 g/mol. The SMILES string of the molecule is C=CCn1c(-c2ccccc2)nn(CN(C)Cc2ccc(C(=O)NC)cc2)c1=S. The highest BCUT2D eigenvalue weighted by atomic mass is 32.1. The van der Waals surface area contributed by atoms with Gasteiger partial charge in [-0.25, -0.2) is 4.68 Å². The Morgan fingerprint density at radius 2 is 1.90 bits per heavy atom. The molecule has 0 aliphatic rings. The summed E-state index contributed by atoms with van der Waals surface area (Å²) in [5, 5.41) is 7.39. The van der Waals surface area contributed by atoms with Crippen LogP contribution in [0.2, 0.25) is 0 Å². The van der Waals surface area contributed by atoms with E-state index < -0.39 is 0 Å². The van der Waals surface area contributed by atoms with Crippen LogP contribution in [-0.2, 0) is 19.8 Å². The van der Waals surface area contributed by atoms with Crippen LogP contribution < -0.4 is 5.32 Å². The molecule has 3 rings (SSSR count). The fourth-order valence-corrected chi connectivity index (χ4v) is 3.38. The number of nitrogens with one attached hydrogen (secondary N) is 1. The van der Waals surface area contributed by atoms with Crippen molar-refractivity contribution in [3.05, 3.63) is 83.2 Å². The van der Waals surface area contributed by atoms with E-state index in [2.05, 4.69) is 16.8 Å². The van der Waals surface area contributed by atoms with Crippen LogP contribution in [0.1, 0.15) is 15.9 Å². The smallest absolute Gasteiger partial charge is 0.251 e. The Bertz CT molecular complexity index is 1040. The molecule has 0 fully saturated rings. The van der Waals surface area contributed by atoms with E-state index in [1.54, 1.807) is 7.05 Å². The Labute approximate surface area is 176 Å². The molecule has 0 aliphatic heterocycles. The van der Waals surface area contributed by atoms with Gasteiger partial charge in [-0.05, 0) is 37.0 Å². The number of carbonyl (C=O) groups excluding carboxylic acids is 1. The first-order chi connectivity index (χ1) is 14.0. The molecule has 0 aliphatic carbocycles. The number of aromatic nitrogens is 3. The molecule has 150 valence electrons. The number of hydrogen-bond donors (Lipinski definition) is 1. The maximum Gasteiger partial charge on any atom is 0.251 e. The number of benzene rings is 2. The van der Waals surface area contributed by atoms with E-state index in [0.717, 1.165) is 17.0 Å². The second kappa shape index (κ2) is 9.45. The van der Waals surface area contributed by atoms with Gasteiger partial charge in [0, 0.05) is 31.3 Å². The van der Waals surface area contributed by atoms with Crippen molar-refractivity contribution in [2.75, 3.05) is 14.1 Å². The van der Waals surface area contributed by atoms with E-state index in [-0.39, 0.29) is 5.91 Å². The molecule has 0 atom stereocenters. The third-order valence-corrected chi connectivity index (χ3v) is 4.97. The minimum atomic E-state index is -0.0857. The van der Waals surface area contributed by atoms with E-state index in [9.17, 15) is 4.79 Å². The molecule has 0 saturated heterocycles. The zero-order valence-corrected chi connectivity index (χ0v) is 17.5. The van der Waals surface area contributed by atoms with E-state index in [0.29, 0.717) is 30.1 Å². The Kier molecular flexibility index (Phi) is 6.74. The maximum atomic E-state index is 11.7. The fourth-order valence-electron chi connectivity index (χ4n) is 3.12. The van der Waals surface area contributed by atoms with Crippen LogP contribution >= 0.6 is 12.2 Å². The van der Waals surface area contributed by atoms with Crippen molar-refractivity contribution < 1.29 is 4.79 Å². The maximum absolute atomic E-state index is 11.7. The van der Waals surface area contributed by atoms with E-state index >= 15 is 0 Å². The van der Waals surface area contributed by atoms with Crippen LogP contribution in [0.25, 0.3) is 11.4 Å². The highest BCUT2D eigenvalue weighted by molar-refractivity contribution is 7.71. The van der Waals surface area contributed by atoms with Gasteiger partial charge in [0.1, 0.15) is 0 Å². The lowest BCUT2D eigenvalue weighted by Gasteiger charge is -2.16. The lowest BCUT2D eigenvalue weighted by Crippen LogP contribution is -2.23. The van der Waals surface area contributed by atoms with Crippen molar-refractivity contribution in [1.82, 2.24) is 24.6 Å². The van der Waals surface area contributed by atoms with E-state index in [1.165, 1.54) is 0 Å². The Hall–Kier alpha value is -3.03. The second-order valence-electron chi connectivity index (χ2n) is 6.80.